The van der Waals surface area contributed by atoms with Crippen LogP contribution in [0.5, 0.6) is 0 Å². The third-order valence-electron chi connectivity index (χ3n) is 10.5. The molecule has 46 heavy (non-hydrogen) atoms. The minimum atomic E-state index is -1.46. The Morgan fingerprint density at radius 2 is 0.587 bits per heavy atom. The van der Waals surface area contributed by atoms with Crippen molar-refractivity contribution in [2.45, 2.75) is 238 Å². The maximum atomic E-state index is 6.77. The second kappa shape index (κ2) is 20.8. The van der Waals surface area contributed by atoms with E-state index in [4.69, 9.17) is 21.1 Å². The molecule has 0 atom stereocenters. The van der Waals surface area contributed by atoms with Crippen LogP contribution < -0.4 is 0 Å². The molecule has 0 aromatic heterocycles. The van der Waals surface area contributed by atoms with E-state index in [0.717, 1.165) is 4.88 Å². The van der Waals surface area contributed by atoms with Crippen LogP contribution in [-0.2, 0) is 0 Å². The summed E-state index contributed by atoms with van der Waals surface area (Å²) in [5, 5.41) is 4.02. The van der Waals surface area contributed by atoms with Gasteiger partial charge in [0.1, 0.15) is 0 Å². The quantitative estimate of drug-likeness (QED) is 0.196. The number of hydrogen-bond acceptors (Lipinski definition) is 0. The zero-order chi connectivity index (χ0) is 38.2. The van der Waals surface area contributed by atoms with Gasteiger partial charge in [0, 0.05) is 17.6 Å². The Morgan fingerprint density at radius 1 is 0.435 bits per heavy atom. The van der Waals surface area contributed by atoms with E-state index < -0.39 is 15.2 Å². The van der Waals surface area contributed by atoms with Crippen molar-refractivity contribution in [2.24, 2.45) is 0 Å². The summed E-state index contributed by atoms with van der Waals surface area (Å²) in [6, 6.07) is 0. The van der Waals surface area contributed by atoms with Gasteiger partial charge < -0.3 is 0 Å². The molecule has 0 aromatic rings. The predicted octanol–water partition coefficient (Wildman–Crippen LogP) is 15.5. The van der Waals surface area contributed by atoms with Crippen LogP contribution >= 0.6 is 21.1 Å². The molecule has 0 aliphatic carbocycles. The average Bonchev–Trinajstić information content (AvgIpc) is 2.73. The van der Waals surface area contributed by atoms with Crippen molar-refractivity contribution in [1.29, 1.82) is 0 Å². The van der Waals surface area contributed by atoms with Crippen LogP contribution in [-0.4, -0.2) is 73.7 Å². The van der Waals surface area contributed by atoms with E-state index in [1.807, 2.05) is 0 Å². The summed E-state index contributed by atoms with van der Waals surface area (Å²) in [6.45, 7) is 66.4. The van der Waals surface area contributed by atoms with Gasteiger partial charge in [-0.05, 0) is 30.2 Å². The molecule has 0 nitrogen and oxygen atoms in total. The molecule has 0 aliphatic rings. The summed E-state index contributed by atoms with van der Waals surface area (Å²) in [5.74, 6) is 0. The average molecular weight is 888 g/mol. The van der Waals surface area contributed by atoms with E-state index in [1.165, 1.54) is 0 Å². The summed E-state index contributed by atoms with van der Waals surface area (Å²) in [7, 11) is 3.11. The molecule has 0 unspecified atom stereocenters. The van der Waals surface area contributed by atoms with Gasteiger partial charge in [-0.2, -0.15) is 0 Å². The van der Waals surface area contributed by atoms with E-state index in [9.17, 15) is 0 Å². The molecule has 0 N–H and O–H groups in total. The first-order chi connectivity index (χ1) is 18.9. The maximum Gasteiger partial charge on any atom is 0.0561 e. The first-order valence-electron chi connectivity index (χ1n) is 17.3. The van der Waals surface area contributed by atoms with Crippen molar-refractivity contribution in [3.05, 3.63) is 0 Å². The number of hydrogen-bond donors (Lipinski definition) is 0. The van der Waals surface area contributed by atoms with Gasteiger partial charge in [0.15, 0.2) is 0 Å². The molecule has 0 aliphatic heterocycles. The van der Waals surface area contributed by atoms with E-state index in [0.29, 0.717) is 40.3 Å². The van der Waals surface area contributed by atoms with Crippen molar-refractivity contribution >= 4 is 94.8 Å². The molecule has 0 heterocycles. The Balaban J connectivity index is -0.000000164. The number of rotatable bonds is 3. The summed E-state index contributed by atoms with van der Waals surface area (Å²) < 4.78 is 0. The fourth-order valence-electron chi connectivity index (χ4n) is 5.55. The molecule has 0 saturated carbocycles. The fourth-order valence-corrected chi connectivity index (χ4v) is 42.4. The van der Waals surface area contributed by atoms with Crippen LogP contribution in [0.3, 0.4) is 0 Å². The zero-order valence-corrected chi connectivity index (χ0v) is 47.7. The van der Waals surface area contributed by atoms with Gasteiger partial charge in [0.25, 0.3) is 0 Å². The number of halogens is 2. The van der Waals surface area contributed by atoms with Crippen molar-refractivity contribution in [1.82, 2.24) is 0 Å². The van der Waals surface area contributed by atoms with Gasteiger partial charge in [-0.3, -0.25) is 0 Å². The van der Waals surface area contributed by atoms with Gasteiger partial charge in [-0.15, -0.1) is 0 Å². The molecule has 0 bridgehead atoms. The molecule has 0 fully saturated rings. The summed E-state index contributed by atoms with van der Waals surface area (Å²) in [5.41, 5.74) is 0. The van der Waals surface area contributed by atoms with Crippen LogP contribution in [0.4, 0.5) is 0 Å². The largest absolute Gasteiger partial charge is 0.0703 e. The summed E-state index contributed by atoms with van der Waals surface area (Å²) in [4.78, 5) is 1.16. The van der Waals surface area contributed by atoms with Crippen molar-refractivity contribution in [2.75, 3.05) is 0 Å². The van der Waals surface area contributed by atoms with Gasteiger partial charge in [-0.1, -0.05) is 144 Å². The molecule has 0 saturated heterocycles. The minimum Gasteiger partial charge on any atom is -0.0703 e. The topological polar surface area (TPSA) is 0 Å². The first-order valence-corrected chi connectivity index (χ1v) is 33.8. The molecule has 0 spiro atoms. The third kappa shape index (κ3) is 22.6. The Hall–Kier alpha value is 2.75. The van der Waals surface area contributed by atoms with Crippen LogP contribution in [0.2, 0.25) is 71.4 Å². The normalized spacial score (nSPS) is 14.2. The monoisotopic (exact) mass is 888 g/mol. The summed E-state index contributed by atoms with van der Waals surface area (Å²) in [6.07, 6.45) is 0. The summed E-state index contributed by atoms with van der Waals surface area (Å²) >= 11 is 6.47. The molecule has 0 aromatic carbocycles. The van der Waals surface area contributed by atoms with E-state index in [-0.39, 0.29) is 58.5 Å². The predicted molar refractivity (Wildman–Crippen MR) is 238 cm³/mol. The molecular weight excluding hydrogens is 801 g/mol. The molecule has 276 valence electrons. The first kappa shape index (κ1) is 58.1. The van der Waals surface area contributed by atoms with Crippen LogP contribution in [0.25, 0.3) is 0 Å². The van der Waals surface area contributed by atoms with E-state index >= 15 is 0 Å². The van der Waals surface area contributed by atoms with Crippen molar-refractivity contribution < 1.29 is 0 Å². The van der Waals surface area contributed by atoms with E-state index in [1.54, 1.807) is 0 Å². The van der Waals surface area contributed by atoms with Crippen LogP contribution in [0.15, 0.2) is 0 Å². The maximum absolute atomic E-state index is 6.77. The molecular formula is C37H86Cl2Ge2Si5. The molecule has 9 heteroatoms. The van der Waals surface area contributed by atoms with E-state index in [2.05, 4.69) is 192 Å². The molecule has 10 radical (unpaired) electrons. The second-order valence-electron chi connectivity index (χ2n) is 21.7. The third-order valence-corrected chi connectivity index (χ3v) is 52.4. The molecule has 0 rings (SSSR count). The van der Waals surface area contributed by atoms with Crippen molar-refractivity contribution in [3.8, 4) is 0 Å². The van der Waals surface area contributed by atoms with Crippen molar-refractivity contribution in [3.63, 3.8) is 0 Å². The molecule has 0 amide bonds. The smallest absolute Gasteiger partial charge is 0.0561 e. The Labute approximate surface area is 329 Å². The Morgan fingerprint density at radius 3 is 0.652 bits per heavy atom. The van der Waals surface area contributed by atoms with Gasteiger partial charge >= 0.3 is 114 Å². The zero-order valence-electron chi connectivity index (χ0n) is 37.0. The van der Waals surface area contributed by atoms with Crippen LogP contribution in [0.1, 0.15) is 166 Å². The van der Waals surface area contributed by atoms with Crippen LogP contribution in [0, 0.1) is 0 Å². The Bertz CT molecular complexity index is 668. The minimum absolute atomic E-state index is 0. The fraction of sp³-hybridized carbons (Fsp3) is 1.00. The van der Waals surface area contributed by atoms with Gasteiger partial charge in [0.05, 0.1) is 26.4 Å². The SMILES string of the molecule is CC(C)(C)[Si](C)([Si](Cl)[CH2][Ge][Cl])C(C)(C)C.C[Si](C(C)(C)C)C(C)(C)C.C[Si](C(C)(C)C)C(C)(C)C.C[Si](C(C)(C)C)C(C)(C)C.[Ge]. The van der Waals surface area contributed by atoms with Gasteiger partial charge in [-0.25, -0.2) is 0 Å². The van der Waals surface area contributed by atoms with Gasteiger partial charge in [0.2, 0.25) is 0 Å². The Kier molecular flexibility index (Phi) is 26.3. The standard InChI is InChI=1S/C10H23Cl2GeSi2.3C9H21Si.Ge/c1-9(2,3)15(7,10(4,5)6)14(12)8-13-11;3*1-8(2,3)10(7)9(4,5)6;/h8H2,1-7H3;3*1-7H3;. The second-order valence-corrected chi connectivity index (χ2v) is 52.2.